The van der Waals surface area contributed by atoms with E-state index in [1.54, 1.807) is 37.3 Å². The predicted octanol–water partition coefficient (Wildman–Crippen LogP) is 3.29. The summed E-state index contributed by atoms with van der Waals surface area (Å²) in [7, 11) is -3.64. The highest BCUT2D eigenvalue weighted by molar-refractivity contribution is 7.89. The van der Waals surface area contributed by atoms with E-state index < -0.39 is 21.9 Å². The number of hydrogen-bond donors (Lipinski definition) is 1. The van der Waals surface area contributed by atoms with Gasteiger partial charge in [-0.15, -0.1) is 0 Å². The molecule has 3 rings (SSSR count). The number of hydrogen-bond acceptors (Lipinski definition) is 5. The number of anilines is 1. The van der Waals surface area contributed by atoms with Gasteiger partial charge in [0.2, 0.25) is 10.0 Å². The predicted molar refractivity (Wildman–Crippen MR) is 109 cm³/mol. The number of benzene rings is 2. The molecule has 1 aliphatic heterocycles. The van der Waals surface area contributed by atoms with Crippen LogP contribution in [0.5, 0.6) is 0 Å². The second-order valence-corrected chi connectivity index (χ2v) is 8.65. The summed E-state index contributed by atoms with van der Waals surface area (Å²) in [5.74, 6) is -1.04. The zero-order chi connectivity index (χ0) is 20.9. The van der Waals surface area contributed by atoms with Crippen molar-refractivity contribution in [3.05, 3.63) is 59.7 Å². The minimum atomic E-state index is -3.64. The first-order valence-corrected chi connectivity index (χ1v) is 11.0. The zero-order valence-electron chi connectivity index (χ0n) is 16.3. The molecule has 1 N–H and O–H groups in total. The summed E-state index contributed by atoms with van der Waals surface area (Å²) in [6.07, 6.45) is 2.70. The van der Waals surface area contributed by atoms with Crippen LogP contribution in [0.4, 0.5) is 5.69 Å². The second-order valence-electron chi connectivity index (χ2n) is 6.71. The number of carbonyl (C=O) groups excluding carboxylic acids is 2. The van der Waals surface area contributed by atoms with Gasteiger partial charge < -0.3 is 10.1 Å². The van der Waals surface area contributed by atoms with Gasteiger partial charge in [-0.25, -0.2) is 13.2 Å². The maximum absolute atomic E-state index is 12.9. The van der Waals surface area contributed by atoms with E-state index in [0.717, 1.165) is 19.3 Å². The lowest BCUT2D eigenvalue weighted by Gasteiger charge is -2.26. The van der Waals surface area contributed by atoms with E-state index in [1.807, 2.05) is 0 Å². The number of carbonyl (C=O) groups is 2. The number of amides is 1. The standard InChI is InChI=1S/C21H24N2O5S/c1-2-28-21(25)18-11-4-5-12-19(18)22-20(24)16-9-8-10-17(15-16)29(26,27)23-13-6-3-7-14-23/h4-5,8-12,15H,2-3,6-7,13-14H2,1H3,(H,22,24). The maximum atomic E-state index is 12.9. The van der Waals surface area contributed by atoms with Gasteiger partial charge in [-0.1, -0.05) is 24.6 Å². The zero-order valence-corrected chi connectivity index (χ0v) is 17.1. The van der Waals surface area contributed by atoms with E-state index in [1.165, 1.54) is 22.5 Å². The summed E-state index contributed by atoms with van der Waals surface area (Å²) in [4.78, 5) is 24.9. The van der Waals surface area contributed by atoms with Crippen LogP contribution in [0.1, 0.15) is 46.9 Å². The van der Waals surface area contributed by atoms with Crippen molar-refractivity contribution in [3.8, 4) is 0 Å². The van der Waals surface area contributed by atoms with Crippen molar-refractivity contribution in [1.82, 2.24) is 4.31 Å². The number of para-hydroxylation sites is 1. The molecule has 8 heteroatoms. The Hall–Kier alpha value is -2.71. The Balaban J connectivity index is 1.83. The number of nitrogens with zero attached hydrogens (tertiary/aromatic N) is 1. The molecule has 2 aromatic carbocycles. The summed E-state index contributed by atoms with van der Waals surface area (Å²) in [6, 6.07) is 12.5. The average molecular weight is 416 g/mol. The smallest absolute Gasteiger partial charge is 0.340 e. The van der Waals surface area contributed by atoms with E-state index in [2.05, 4.69) is 5.32 Å². The van der Waals surface area contributed by atoms with Gasteiger partial charge in [-0.05, 0) is 50.1 Å². The van der Waals surface area contributed by atoms with Gasteiger partial charge in [0.15, 0.2) is 0 Å². The fourth-order valence-electron chi connectivity index (χ4n) is 3.23. The third-order valence-electron chi connectivity index (χ3n) is 4.72. The van der Waals surface area contributed by atoms with Crippen molar-refractivity contribution in [2.45, 2.75) is 31.1 Å². The summed E-state index contributed by atoms with van der Waals surface area (Å²) >= 11 is 0. The molecule has 29 heavy (non-hydrogen) atoms. The lowest BCUT2D eigenvalue weighted by Crippen LogP contribution is -2.35. The number of ether oxygens (including phenoxy) is 1. The van der Waals surface area contributed by atoms with Crippen molar-refractivity contribution in [3.63, 3.8) is 0 Å². The van der Waals surface area contributed by atoms with Gasteiger partial charge in [0.1, 0.15) is 0 Å². The van der Waals surface area contributed by atoms with E-state index in [9.17, 15) is 18.0 Å². The first-order valence-electron chi connectivity index (χ1n) is 9.61. The maximum Gasteiger partial charge on any atom is 0.340 e. The number of rotatable bonds is 6. The molecule has 7 nitrogen and oxygen atoms in total. The first kappa shape index (κ1) is 21.0. The molecular formula is C21H24N2O5S. The Labute approximate surface area is 170 Å². The van der Waals surface area contributed by atoms with Gasteiger partial charge in [0.25, 0.3) is 5.91 Å². The van der Waals surface area contributed by atoms with Crippen LogP contribution in [-0.2, 0) is 14.8 Å². The first-order chi connectivity index (χ1) is 13.9. The minimum Gasteiger partial charge on any atom is -0.462 e. The highest BCUT2D eigenvalue weighted by Gasteiger charge is 2.26. The molecule has 0 bridgehead atoms. The fourth-order valence-corrected chi connectivity index (χ4v) is 4.79. The minimum absolute atomic E-state index is 0.0886. The van der Waals surface area contributed by atoms with Crippen molar-refractivity contribution in [2.24, 2.45) is 0 Å². The summed E-state index contributed by atoms with van der Waals surface area (Å²) in [5, 5.41) is 2.68. The molecule has 0 radical (unpaired) electrons. The summed E-state index contributed by atoms with van der Waals surface area (Å²) in [5.41, 5.74) is 0.738. The largest absolute Gasteiger partial charge is 0.462 e. The van der Waals surface area contributed by atoms with Gasteiger partial charge >= 0.3 is 5.97 Å². The van der Waals surface area contributed by atoms with Gasteiger partial charge in [0, 0.05) is 18.7 Å². The van der Waals surface area contributed by atoms with Gasteiger partial charge in [0.05, 0.1) is 22.8 Å². The molecular weight excluding hydrogens is 392 g/mol. The van der Waals surface area contributed by atoms with E-state index >= 15 is 0 Å². The lowest BCUT2D eigenvalue weighted by molar-refractivity contribution is 0.0527. The topological polar surface area (TPSA) is 92.8 Å². The molecule has 1 heterocycles. The van der Waals surface area contributed by atoms with E-state index in [-0.39, 0.29) is 22.6 Å². The number of nitrogens with one attached hydrogen (secondary N) is 1. The normalized spacial score (nSPS) is 14.9. The SMILES string of the molecule is CCOC(=O)c1ccccc1NC(=O)c1cccc(S(=O)(=O)N2CCCCC2)c1. The third-order valence-corrected chi connectivity index (χ3v) is 6.61. The molecule has 154 valence electrons. The molecule has 0 atom stereocenters. The average Bonchev–Trinajstić information content (AvgIpc) is 2.75. The number of sulfonamides is 1. The highest BCUT2D eigenvalue weighted by Crippen LogP contribution is 2.22. The van der Waals surface area contributed by atoms with Crippen LogP contribution >= 0.6 is 0 Å². The second kappa shape index (κ2) is 9.19. The van der Waals surface area contributed by atoms with E-state index in [4.69, 9.17) is 4.74 Å². The Morgan fingerprint density at radius 2 is 1.76 bits per heavy atom. The number of esters is 1. The molecule has 0 aliphatic carbocycles. The number of piperidine rings is 1. The van der Waals surface area contributed by atoms with Crippen LogP contribution in [0.2, 0.25) is 0 Å². The highest BCUT2D eigenvalue weighted by atomic mass is 32.2. The fraction of sp³-hybridized carbons (Fsp3) is 0.333. The lowest BCUT2D eigenvalue weighted by atomic mass is 10.1. The quantitative estimate of drug-likeness (QED) is 0.730. The molecule has 1 fully saturated rings. The van der Waals surface area contributed by atoms with Crippen molar-refractivity contribution in [1.29, 1.82) is 0 Å². The Bertz CT molecular complexity index is 998. The monoisotopic (exact) mass is 416 g/mol. The Morgan fingerprint density at radius 1 is 1.03 bits per heavy atom. The van der Waals surface area contributed by atoms with Crippen molar-refractivity contribution >= 4 is 27.6 Å². The molecule has 0 aromatic heterocycles. The molecule has 1 saturated heterocycles. The molecule has 1 aliphatic rings. The molecule has 0 saturated carbocycles. The van der Waals surface area contributed by atoms with Crippen LogP contribution in [-0.4, -0.2) is 44.3 Å². The van der Waals surface area contributed by atoms with Crippen molar-refractivity contribution < 1.29 is 22.7 Å². The van der Waals surface area contributed by atoms with Crippen LogP contribution in [0.15, 0.2) is 53.4 Å². The molecule has 0 spiro atoms. The summed E-state index contributed by atoms with van der Waals surface area (Å²) in [6.45, 7) is 2.90. The third kappa shape index (κ3) is 4.83. The van der Waals surface area contributed by atoms with Gasteiger partial charge in [-0.2, -0.15) is 4.31 Å². The van der Waals surface area contributed by atoms with Crippen LogP contribution in [0.25, 0.3) is 0 Å². The van der Waals surface area contributed by atoms with Crippen LogP contribution in [0.3, 0.4) is 0 Å². The molecule has 2 aromatic rings. The Kier molecular flexibility index (Phi) is 6.66. The molecule has 1 amide bonds. The van der Waals surface area contributed by atoms with Crippen molar-refractivity contribution in [2.75, 3.05) is 25.0 Å². The van der Waals surface area contributed by atoms with E-state index in [0.29, 0.717) is 18.8 Å². The summed E-state index contributed by atoms with van der Waals surface area (Å²) < 4.78 is 32.2. The van der Waals surface area contributed by atoms with Crippen LogP contribution < -0.4 is 5.32 Å². The van der Waals surface area contributed by atoms with Crippen LogP contribution in [0, 0.1) is 0 Å². The van der Waals surface area contributed by atoms with Gasteiger partial charge in [-0.3, -0.25) is 4.79 Å². The molecule has 0 unspecified atom stereocenters. The Morgan fingerprint density at radius 3 is 2.48 bits per heavy atom.